The molecule has 1 unspecified atom stereocenters. The molecule has 5 heteroatoms. The smallest absolute Gasteiger partial charge is 0.150 e. The minimum absolute atomic E-state index is 0.0687. The van der Waals surface area contributed by atoms with Gasteiger partial charge in [0.05, 0.1) is 17.3 Å². The van der Waals surface area contributed by atoms with E-state index < -0.39 is 11.6 Å². The zero-order chi connectivity index (χ0) is 12.3. The first-order valence-electron chi connectivity index (χ1n) is 5.63. The third-order valence-corrected chi connectivity index (χ3v) is 3.13. The Labute approximate surface area is 104 Å². The van der Waals surface area contributed by atoms with Gasteiger partial charge in [-0.15, -0.1) is 0 Å². The summed E-state index contributed by atoms with van der Waals surface area (Å²) in [6.07, 6.45) is 2.07. The second kappa shape index (κ2) is 5.65. The summed E-state index contributed by atoms with van der Waals surface area (Å²) in [5.74, 6) is -0.977. The van der Waals surface area contributed by atoms with Crippen LogP contribution >= 0.6 is 11.6 Å². The number of hydrogen-bond acceptors (Lipinski definition) is 2. The van der Waals surface area contributed by atoms with Crippen molar-refractivity contribution in [1.82, 2.24) is 0 Å². The number of nitrogens with one attached hydrogen (secondary N) is 1. The molecular formula is C12H14ClF2NO. The van der Waals surface area contributed by atoms with Crippen LogP contribution < -0.4 is 5.32 Å². The predicted octanol–water partition coefficient (Wildman–Crippen LogP) is 3.46. The molecule has 0 bridgehead atoms. The van der Waals surface area contributed by atoms with Gasteiger partial charge in [0.1, 0.15) is 5.82 Å². The normalized spacial score (nSPS) is 20.3. The van der Waals surface area contributed by atoms with E-state index in [0.29, 0.717) is 19.1 Å². The van der Waals surface area contributed by atoms with Gasteiger partial charge in [-0.05, 0) is 24.8 Å². The maximum Gasteiger partial charge on any atom is 0.150 e. The van der Waals surface area contributed by atoms with Gasteiger partial charge in [-0.3, -0.25) is 0 Å². The first-order chi connectivity index (χ1) is 8.16. The van der Waals surface area contributed by atoms with Gasteiger partial charge in [0, 0.05) is 19.2 Å². The van der Waals surface area contributed by atoms with E-state index in [4.69, 9.17) is 16.3 Å². The zero-order valence-corrected chi connectivity index (χ0v) is 10.1. The summed E-state index contributed by atoms with van der Waals surface area (Å²) in [7, 11) is 0. The van der Waals surface area contributed by atoms with Gasteiger partial charge < -0.3 is 10.1 Å². The Balaban J connectivity index is 1.98. The third kappa shape index (κ3) is 3.30. The highest BCUT2D eigenvalue weighted by Crippen LogP contribution is 2.27. The van der Waals surface area contributed by atoms with Crippen LogP contribution in [0.4, 0.5) is 14.5 Å². The number of benzene rings is 1. The fourth-order valence-corrected chi connectivity index (χ4v) is 2.19. The first-order valence-corrected chi connectivity index (χ1v) is 6.01. The van der Waals surface area contributed by atoms with E-state index >= 15 is 0 Å². The van der Waals surface area contributed by atoms with Crippen molar-refractivity contribution < 1.29 is 13.5 Å². The average molecular weight is 262 g/mol. The maximum atomic E-state index is 13.4. The van der Waals surface area contributed by atoms with Gasteiger partial charge in [-0.25, -0.2) is 8.78 Å². The molecule has 1 atom stereocenters. The van der Waals surface area contributed by atoms with Crippen molar-refractivity contribution in [1.29, 1.82) is 0 Å². The Morgan fingerprint density at radius 1 is 1.41 bits per heavy atom. The fourth-order valence-electron chi connectivity index (χ4n) is 1.93. The predicted molar refractivity (Wildman–Crippen MR) is 63.4 cm³/mol. The molecule has 17 heavy (non-hydrogen) atoms. The van der Waals surface area contributed by atoms with Crippen LogP contribution in [0.25, 0.3) is 0 Å². The van der Waals surface area contributed by atoms with Crippen molar-refractivity contribution in [3.63, 3.8) is 0 Å². The number of hydrogen-bond donors (Lipinski definition) is 1. The Bertz CT molecular complexity index is 371. The van der Waals surface area contributed by atoms with Gasteiger partial charge in [0.25, 0.3) is 0 Å². The van der Waals surface area contributed by atoms with E-state index in [-0.39, 0.29) is 10.7 Å². The summed E-state index contributed by atoms with van der Waals surface area (Å²) in [6.45, 7) is 2.05. The lowest BCUT2D eigenvalue weighted by molar-refractivity contribution is 0.0595. The maximum absolute atomic E-state index is 13.4. The molecule has 1 aromatic carbocycles. The Morgan fingerprint density at radius 3 is 2.88 bits per heavy atom. The molecule has 0 saturated carbocycles. The van der Waals surface area contributed by atoms with E-state index in [9.17, 15) is 8.78 Å². The summed E-state index contributed by atoms with van der Waals surface area (Å²) >= 11 is 5.78. The van der Waals surface area contributed by atoms with Crippen LogP contribution in [0.3, 0.4) is 0 Å². The zero-order valence-electron chi connectivity index (χ0n) is 9.31. The van der Waals surface area contributed by atoms with E-state index in [0.717, 1.165) is 31.6 Å². The van der Waals surface area contributed by atoms with Gasteiger partial charge in [-0.1, -0.05) is 11.6 Å². The third-order valence-electron chi connectivity index (χ3n) is 2.83. The van der Waals surface area contributed by atoms with E-state index in [2.05, 4.69) is 5.32 Å². The minimum atomic E-state index is -0.668. The lowest BCUT2D eigenvalue weighted by Crippen LogP contribution is -2.24. The minimum Gasteiger partial charge on any atom is -0.381 e. The second-order valence-corrected chi connectivity index (χ2v) is 4.62. The topological polar surface area (TPSA) is 21.3 Å². The lowest BCUT2D eigenvalue weighted by Gasteiger charge is -2.23. The molecule has 1 saturated heterocycles. The molecule has 94 valence electrons. The molecule has 2 rings (SSSR count). The number of ether oxygens (including phenoxy) is 1. The number of anilines is 1. The summed E-state index contributed by atoms with van der Waals surface area (Å²) in [4.78, 5) is 0. The Morgan fingerprint density at radius 2 is 2.24 bits per heavy atom. The highest BCUT2D eigenvalue weighted by atomic mass is 35.5. The molecule has 1 aliphatic rings. The van der Waals surface area contributed by atoms with Crippen LogP contribution in [-0.2, 0) is 4.74 Å². The van der Waals surface area contributed by atoms with Crippen LogP contribution in [0.5, 0.6) is 0 Å². The number of rotatable bonds is 3. The molecule has 0 amide bonds. The van der Waals surface area contributed by atoms with Crippen LogP contribution in [0.15, 0.2) is 12.1 Å². The Kier molecular flexibility index (Phi) is 4.18. The van der Waals surface area contributed by atoms with Crippen molar-refractivity contribution >= 4 is 17.3 Å². The highest BCUT2D eigenvalue weighted by molar-refractivity contribution is 6.33. The van der Waals surface area contributed by atoms with Crippen LogP contribution in [0, 0.1) is 17.6 Å². The fraction of sp³-hybridized carbons (Fsp3) is 0.500. The molecule has 0 aromatic heterocycles. The molecule has 1 aromatic rings. The summed E-state index contributed by atoms with van der Waals surface area (Å²) in [5, 5.41) is 2.99. The molecule has 1 N–H and O–H groups in total. The molecule has 1 fully saturated rings. The molecule has 2 nitrogen and oxygen atoms in total. The monoisotopic (exact) mass is 261 g/mol. The van der Waals surface area contributed by atoms with E-state index in [1.165, 1.54) is 0 Å². The van der Waals surface area contributed by atoms with Crippen LogP contribution in [0.1, 0.15) is 12.8 Å². The molecule has 1 heterocycles. The quantitative estimate of drug-likeness (QED) is 0.900. The van der Waals surface area contributed by atoms with Crippen molar-refractivity contribution in [2.75, 3.05) is 25.1 Å². The summed E-state index contributed by atoms with van der Waals surface area (Å²) < 4.78 is 31.6. The van der Waals surface area contributed by atoms with Crippen LogP contribution in [0.2, 0.25) is 5.02 Å². The van der Waals surface area contributed by atoms with Crippen molar-refractivity contribution in [2.45, 2.75) is 12.8 Å². The molecular weight excluding hydrogens is 248 g/mol. The van der Waals surface area contributed by atoms with Crippen LogP contribution in [-0.4, -0.2) is 19.8 Å². The molecule has 0 aliphatic carbocycles. The van der Waals surface area contributed by atoms with Crippen molar-refractivity contribution in [3.05, 3.63) is 28.8 Å². The Hall–Kier alpha value is -0.870. The first kappa shape index (κ1) is 12.6. The van der Waals surface area contributed by atoms with Gasteiger partial charge >= 0.3 is 0 Å². The summed E-state index contributed by atoms with van der Waals surface area (Å²) in [6, 6.07) is 1.93. The standard InChI is InChI=1S/C12H14ClF2NO/c13-10-4-9(14)5-11(15)12(10)16-6-8-2-1-3-17-7-8/h4-5,8,16H,1-3,6-7H2. The summed E-state index contributed by atoms with van der Waals surface area (Å²) in [5.41, 5.74) is 0.165. The van der Waals surface area contributed by atoms with Gasteiger partial charge in [-0.2, -0.15) is 0 Å². The second-order valence-electron chi connectivity index (χ2n) is 4.21. The largest absolute Gasteiger partial charge is 0.381 e. The highest BCUT2D eigenvalue weighted by Gasteiger charge is 2.16. The van der Waals surface area contributed by atoms with E-state index in [1.807, 2.05) is 0 Å². The molecule has 1 aliphatic heterocycles. The molecule has 0 spiro atoms. The van der Waals surface area contributed by atoms with Gasteiger partial charge in [0.15, 0.2) is 5.82 Å². The number of halogens is 3. The van der Waals surface area contributed by atoms with Crippen molar-refractivity contribution in [3.8, 4) is 0 Å². The van der Waals surface area contributed by atoms with E-state index in [1.54, 1.807) is 0 Å². The molecule has 0 radical (unpaired) electrons. The van der Waals surface area contributed by atoms with Crippen molar-refractivity contribution in [2.24, 2.45) is 5.92 Å². The lowest BCUT2D eigenvalue weighted by atomic mass is 10.0. The SMILES string of the molecule is Fc1cc(F)c(NCC2CCCOC2)c(Cl)c1. The average Bonchev–Trinajstić information content (AvgIpc) is 2.29. The van der Waals surface area contributed by atoms with Gasteiger partial charge in [0.2, 0.25) is 0 Å².